The largest absolute Gasteiger partial charge is 0.345 e. The fourth-order valence-corrected chi connectivity index (χ4v) is 3.40. The minimum absolute atomic E-state index is 0.310. The Kier molecular flexibility index (Phi) is 4.00. The molecule has 0 spiro atoms. The maximum absolute atomic E-state index is 4.69. The first-order valence-electron chi connectivity index (χ1n) is 6.63. The minimum atomic E-state index is 0.310. The average molecular weight is 266 g/mol. The monoisotopic (exact) mass is 266 g/mol. The van der Waals surface area contributed by atoms with Gasteiger partial charge in [0.1, 0.15) is 0 Å². The van der Waals surface area contributed by atoms with E-state index in [4.69, 9.17) is 4.99 Å². The molecule has 0 aromatic carbocycles. The summed E-state index contributed by atoms with van der Waals surface area (Å²) in [5.41, 5.74) is 0. The van der Waals surface area contributed by atoms with Crippen molar-refractivity contribution in [2.45, 2.75) is 59.2 Å². The molecule has 0 aromatic rings. The molecular formula is C13H22N4S. The zero-order valence-corrected chi connectivity index (χ0v) is 12.6. The molecule has 18 heavy (non-hydrogen) atoms. The Balaban J connectivity index is 2.17. The third kappa shape index (κ3) is 2.55. The summed E-state index contributed by atoms with van der Waals surface area (Å²) in [5, 5.41) is 8.60. The fraction of sp³-hybridized carbons (Fsp3) is 0.692. The van der Waals surface area contributed by atoms with Gasteiger partial charge in [-0.05, 0) is 52.0 Å². The molecule has 0 aliphatic carbocycles. The number of fused-ring (bicyclic) bond motifs is 1. The summed E-state index contributed by atoms with van der Waals surface area (Å²) in [7, 11) is 0. The molecule has 0 fully saturated rings. The topological polar surface area (TPSA) is 31.2 Å². The molecule has 0 aromatic heterocycles. The molecule has 2 aliphatic heterocycles. The zero-order valence-electron chi connectivity index (χ0n) is 11.8. The van der Waals surface area contributed by atoms with E-state index in [1.165, 1.54) is 0 Å². The Hall–Kier alpha value is -0.970. The lowest BCUT2D eigenvalue weighted by Gasteiger charge is -2.31. The van der Waals surface area contributed by atoms with Gasteiger partial charge in [-0.2, -0.15) is 0 Å². The van der Waals surface area contributed by atoms with E-state index in [-0.39, 0.29) is 0 Å². The second-order valence-corrected chi connectivity index (χ2v) is 6.09. The van der Waals surface area contributed by atoms with Gasteiger partial charge in [0.2, 0.25) is 0 Å². The molecule has 2 rings (SSSR count). The van der Waals surface area contributed by atoms with Crippen molar-refractivity contribution in [3.8, 4) is 0 Å². The first-order chi connectivity index (χ1) is 8.52. The maximum Gasteiger partial charge on any atom is 0.192 e. The zero-order chi connectivity index (χ0) is 13.3. The molecule has 2 aliphatic rings. The number of amidine groups is 2. The second-order valence-electron chi connectivity index (χ2n) is 5.15. The van der Waals surface area contributed by atoms with E-state index >= 15 is 0 Å². The van der Waals surface area contributed by atoms with Crippen LogP contribution in [0.1, 0.15) is 41.0 Å². The average Bonchev–Trinajstić information content (AvgIpc) is 2.69. The lowest BCUT2D eigenvalue weighted by atomic mass is 10.2. The van der Waals surface area contributed by atoms with Gasteiger partial charge in [0.05, 0.1) is 6.04 Å². The highest BCUT2D eigenvalue weighted by Crippen LogP contribution is 2.29. The number of hydrogen-bond acceptors (Lipinski definition) is 5. The van der Waals surface area contributed by atoms with Crippen molar-refractivity contribution in [1.82, 2.24) is 9.91 Å². The first-order valence-corrected chi connectivity index (χ1v) is 7.44. The van der Waals surface area contributed by atoms with Crippen molar-refractivity contribution in [3.05, 3.63) is 12.3 Å². The lowest BCUT2D eigenvalue weighted by Crippen LogP contribution is -2.40. The SMILES string of the molecule is CCC1C=CN2N=C(N(C(C)C)C(C)C)SC2=N1. The maximum atomic E-state index is 4.69. The molecule has 100 valence electrons. The highest BCUT2D eigenvalue weighted by atomic mass is 32.2. The minimum Gasteiger partial charge on any atom is -0.345 e. The predicted octanol–water partition coefficient (Wildman–Crippen LogP) is 3.09. The summed E-state index contributed by atoms with van der Waals surface area (Å²) in [6.07, 6.45) is 5.20. The molecule has 0 radical (unpaired) electrons. The quantitative estimate of drug-likeness (QED) is 0.786. The lowest BCUT2D eigenvalue weighted by molar-refractivity contribution is 0.295. The predicted molar refractivity (Wildman–Crippen MR) is 79.6 cm³/mol. The van der Waals surface area contributed by atoms with Crippen LogP contribution in [0.3, 0.4) is 0 Å². The summed E-state index contributed by atoms with van der Waals surface area (Å²) in [5.74, 6) is 0. The Morgan fingerprint density at radius 2 is 2.00 bits per heavy atom. The van der Waals surface area contributed by atoms with Gasteiger partial charge in [-0.15, -0.1) is 5.10 Å². The van der Waals surface area contributed by atoms with E-state index < -0.39 is 0 Å². The normalized spacial score (nSPS) is 22.4. The van der Waals surface area contributed by atoms with Crippen molar-refractivity contribution in [2.75, 3.05) is 0 Å². The van der Waals surface area contributed by atoms with Crippen molar-refractivity contribution in [3.63, 3.8) is 0 Å². The van der Waals surface area contributed by atoms with Crippen LogP contribution in [-0.4, -0.2) is 38.4 Å². The summed E-state index contributed by atoms with van der Waals surface area (Å²) in [4.78, 5) is 7.02. The van der Waals surface area contributed by atoms with Gasteiger partial charge >= 0.3 is 0 Å². The second kappa shape index (κ2) is 5.34. The van der Waals surface area contributed by atoms with Gasteiger partial charge < -0.3 is 4.90 Å². The molecule has 0 N–H and O–H groups in total. The number of hydrogen-bond donors (Lipinski definition) is 0. The van der Waals surface area contributed by atoms with Gasteiger partial charge in [-0.1, -0.05) is 6.92 Å². The molecule has 1 atom stereocenters. The summed E-state index contributed by atoms with van der Waals surface area (Å²) in [6.45, 7) is 11.0. The fourth-order valence-electron chi connectivity index (χ4n) is 2.20. The van der Waals surface area contributed by atoms with Crippen LogP contribution in [0.4, 0.5) is 0 Å². The first kappa shape index (κ1) is 13.5. The third-order valence-corrected chi connectivity index (χ3v) is 4.00. The van der Waals surface area contributed by atoms with Crippen LogP contribution in [-0.2, 0) is 0 Å². The molecule has 0 saturated heterocycles. The molecule has 0 bridgehead atoms. The van der Waals surface area contributed by atoms with Gasteiger partial charge in [0.15, 0.2) is 10.3 Å². The number of rotatable bonds is 3. The number of hydrazone groups is 1. The summed E-state index contributed by atoms with van der Waals surface area (Å²) in [6, 6.07) is 1.21. The van der Waals surface area contributed by atoms with Crippen LogP contribution in [0.5, 0.6) is 0 Å². The Bertz CT molecular complexity index is 390. The standard InChI is InChI=1S/C13H22N4S/c1-6-11-7-8-16-12(14-11)18-13(15-16)17(9(2)3)10(4)5/h7-11H,6H2,1-5H3. The smallest absolute Gasteiger partial charge is 0.192 e. The highest BCUT2D eigenvalue weighted by Gasteiger charge is 2.30. The molecule has 2 heterocycles. The van der Waals surface area contributed by atoms with E-state index in [2.05, 4.69) is 50.7 Å². The van der Waals surface area contributed by atoms with E-state index in [0.29, 0.717) is 18.1 Å². The number of thioether (sulfide) groups is 1. The summed E-state index contributed by atoms with van der Waals surface area (Å²) < 4.78 is 0. The molecular weight excluding hydrogens is 244 g/mol. The molecule has 0 amide bonds. The van der Waals surface area contributed by atoms with Crippen LogP contribution < -0.4 is 0 Å². The summed E-state index contributed by atoms with van der Waals surface area (Å²) >= 11 is 1.68. The van der Waals surface area contributed by atoms with Crippen LogP contribution in [0, 0.1) is 0 Å². The molecule has 1 unspecified atom stereocenters. The molecule has 4 nitrogen and oxygen atoms in total. The Labute approximate surface area is 114 Å². The van der Waals surface area contributed by atoms with Gasteiger partial charge in [-0.3, -0.25) is 4.99 Å². The number of aliphatic imine (C=N–C) groups is 1. The third-order valence-electron chi connectivity index (χ3n) is 3.05. The van der Waals surface area contributed by atoms with Gasteiger partial charge in [0.25, 0.3) is 0 Å². The van der Waals surface area contributed by atoms with Crippen LogP contribution in [0.15, 0.2) is 22.4 Å². The van der Waals surface area contributed by atoms with Crippen LogP contribution >= 0.6 is 11.8 Å². The van der Waals surface area contributed by atoms with E-state index in [0.717, 1.165) is 16.8 Å². The number of nitrogens with zero attached hydrogens (tertiary/aromatic N) is 4. The van der Waals surface area contributed by atoms with E-state index in [1.54, 1.807) is 11.8 Å². The van der Waals surface area contributed by atoms with E-state index in [1.807, 2.05) is 11.2 Å². The van der Waals surface area contributed by atoms with Crippen LogP contribution in [0.2, 0.25) is 0 Å². The van der Waals surface area contributed by atoms with Crippen molar-refractivity contribution in [1.29, 1.82) is 0 Å². The van der Waals surface area contributed by atoms with Crippen LogP contribution in [0.25, 0.3) is 0 Å². The van der Waals surface area contributed by atoms with Crippen molar-refractivity contribution >= 4 is 22.1 Å². The van der Waals surface area contributed by atoms with Gasteiger partial charge in [0, 0.05) is 18.3 Å². The Morgan fingerprint density at radius 1 is 1.33 bits per heavy atom. The van der Waals surface area contributed by atoms with Crippen molar-refractivity contribution < 1.29 is 0 Å². The molecule has 0 saturated carbocycles. The van der Waals surface area contributed by atoms with Crippen molar-refractivity contribution in [2.24, 2.45) is 10.1 Å². The Morgan fingerprint density at radius 3 is 2.56 bits per heavy atom. The highest BCUT2D eigenvalue weighted by molar-refractivity contribution is 8.26. The molecule has 5 heteroatoms. The van der Waals surface area contributed by atoms with Gasteiger partial charge in [-0.25, -0.2) is 5.01 Å². The van der Waals surface area contributed by atoms with E-state index in [9.17, 15) is 0 Å².